The van der Waals surface area contributed by atoms with E-state index in [-0.39, 0.29) is 0 Å². The van der Waals surface area contributed by atoms with E-state index in [1.807, 2.05) is 0 Å². The van der Waals surface area contributed by atoms with Gasteiger partial charge in [-0.2, -0.15) is 5.10 Å². The van der Waals surface area contributed by atoms with Crippen LogP contribution >= 0.6 is 0 Å². The number of hydrogen-bond acceptors (Lipinski definition) is 3. The highest BCUT2D eigenvalue weighted by atomic mass is 15.3. The fourth-order valence-electron chi connectivity index (χ4n) is 3.65. The molecule has 4 nitrogen and oxygen atoms in total. The molecule has 0 aromatic carbocycles. The largest absolute Gasteiger partial charge is 0.311 e. The quantitative estimate of drug-likeness (QED) is 0.915. The van der Waals surface area contributed by atoms with E-state index in [1.165, 1.54) is 18.5 Å². The first-order valence-corrected chi connectivity index (χ1v) is 8.04. The third-order valence-corrected chi connectivity index (χ3v) is 5.12. The summed E-state index contributed by atoms with van der Waals surface area (Å²) >= 11 is 0. The molecule has 3 rings (SSSR count). The number of piperazine rings is 1. The van der Waals surface area contributed by atoms with Gasteiger partial charge in [0.2, 0.25) is 0 Å². The second kappa shape index (κ2) is 5.15. The van der Waals surface area contributed by atoms with Crippen LogP contribution in [0.1, 0.15) is 45.0 Å². The van der Waals surface area contributed by atoms with Crippen molar-refractivity contribution in [3.63, 3.8) is 0 Å². The molecule has 1 saturated carbocycles. The molecule has 1 aliphatic heterocycles. The van der Waals surface area contributed by atoms with E-state index in [9.17, 15) is 0 Å². The molecule has 1 aromatic heterocycles. The predicted molar refractivity (Wildman–Crippen MR) is 81.6 cm³/mol. The van der Waals surface area contributed by atoms with Gasteiger partial charge in [-0.1, -0.05) is 0 Å². The van der Waals surface area contributed by atoms with Gasteiger partial charge in [0, 0.05) is 37.8 Å². The van der Waals surface area contributed by atoms with Crippen molar-refractivity contribution < 1.29 is 0 Å². The number of aromatic nitrogens is 2. The lowest BCUT2D eigenvalue weighted by Gasteiger charge is -2.48. The topological polar surface area (TPSA) is 33.1 Å². The zero-order valence-electron chi connectivity index (χ0n) is 13.3. The van der Waals surface area contributed by atoms with Gasteiger partial charge in [0.15, 0.2) is 0 Å². The monoisotopic (exact) mass is 276 g/mol. The summed E-state index contributed by atoms with van der Waals surface area (Å²) in [4.78, 5) is 2.70. The van der Waals surface area contributed by atoms with E-state index < -0.39 is 0 Å². The van der Waals surface area contributed by atoms with Crippen LogP contribution in [0, 0.1) is 12.8 Å². The molecule has 2 heterocycles. The summed E-state index contributed by atoms with van der Waals surface area (Å²) in [6.07, 6.45) is 2.80. The molecule has 1 aromatic rings. The highest BCUT2D eigenvalue weighted by Crippen LogP contribution is 2.44. The number of nitrogens with zero attached hydrogens (tertiary/aromatic N) is 3. The minimum absolute atomic E-state index is 0.323. The first kappa shape index (κ1) is 14.1. The summed E-state index contributed by atoms with van der Waals surface area (Å²) < 4.78 is 2.16. The second-order valence-corrected chi connectivity index (χ2v) is 6.89. The molecule has 0 radical (unpaired) electrons. The molecule has 2 fully saturated rings. The van der Waals surface area contributed by atoms with Gasteiger partial charge in [0.25, 0.3) is 0 Å². The summed E-state index contributed by atoms with van der Waals surface area (Å²) in [6.45, 7) is 13.3. The van der Waals surface area contributed by atoms with Crippen LogP contribution in [0.25, 0.3) is 0 Å². The fraction of sp³-hybridized carbons (Fsp3) is 0.812. The van der Waals surface area contributed by atoms with Crippen LogP contribution in [0.4, 0.5) is 0 Å². The summed E-state index contributed by atoms with van der Waals surface area (Å²) in [7, 11) is 0. The third kappa shape index (κ3) is 2.51. The Hall–Kier alpha value is -0.870. The Morgan fingerprint density at radius 2 is 2.20 bits per heavy atom. The number of rotatable bonds is 4. The Balaban J connectivity index is 1.82. The molecule has 2 aliphatic rings. The van der Waals surface area contributed by atoms with Gasteiger partial charge < -0.3 is 5.32 Å². The molecule has 2 unspecified atom stereocenters. The SMILES string of the molecule is CCn1nc(C)cc1CN1CC(C)NCC1(C)C1CC1. The third-order valence-electron chi connectivity index (χ3n) is 5.12. The standard InChI is InChI=1S/C16H28N4/c1-5-20-15(8-12(2)18-20)10-19-9-13(3)17-11-16(19,4)14-6-7-14/h8,13-14,17H,5-7,9-11H2,1-4H3. The van der Waals surface area contributed by atoms with Crippen LogP contribution in [-0.4, -0.2) is 39.4 Å². The van der Waals surface area contributed by atoms with Crippen molar-refractivity contribution in [1.82, 2.24) is 20.0 Å². The average Bonchev–Trinajstić information content (AvgIpc) is 3.20. The normalized spacial score (nSPS) is 31.7. The Kier molecular flexibility index (Phi) is 3.63. The Morgan fingerprint density at radius 3 is 2.85 bits per heavy atom. The van der Waals surface area contributed by atoms with Crippen molar-refractivity contribution in [2.75, 3.05) is 13.1 Å². The van der Waals surface area contributed by atoms with Gasteiger partial charge >= 0.3 is 0 Å². The zero-order valence-corrected chi connectivity index (χ0v) is 13.3. The van der Waals surface area contributed by atoms with Crippen LogP contribution < -0.4 is 5.32 Å². The molecule has 20 heavy (non-hydrogen) atoms. The van der Waals surface area contributed by atoms with E-state index in [0.29, 0.717) is 11.6 Å². The highest BCUT2D eigenvalue weighted by Gasteiger charge is 2.47. The highest BCUT2D eigenvalue weighted by molar-refractivity contribution is 5.12. The van der Waals surface area contributed by atoms with Crippen molar-refractivity contribution in [2.45, 2.75) is 65.2 Å². The minimum atomic E-state index is 0.323. The van der Waals surface area contributed by atoms with E-state index in [2.05, 4.69) is 53.8 Å². The van der Waals surface area contributed by atoms with E-state index in [1.54, 1.807) is 0 Å². The van der Waals surface area contributed by atoms with Crippen molar-refractivity contribution in [2.24, 2.45) is 5.92 Å². The first-order chi connectivity index (χ1) is 9.53. The maximum Gasteiger partial charge on any atom is 0.0597 e. The summed E-state index contributed by atoms with van der Waals surface area (Å²) in [5.41, 5.74) is 2.83. The van der Waals surface area contributed by atoms with Crippen molar-refractivity contribution in [1.29, 1.82) is 0 Å². The Bertz CT molecular complexity index is 477. The van der Waals surface area contributed by atoms with Crippen LogP contribution in [-0.2, 0) is 13.1 Å². The molecule has 4 heteroatoms. The molecule has 0 amide bonds. The maximum absolute atomic E-state index is 4.60. The summed E-state index contributed by atoms with van der Waals surface area (Å²) in [5, 5.41) is 8.28. The van der Waals surface area contributed by atoms with Crippen molar-refractivity contribution >= 4 is 0 Å². The average molecular weight is 276 g/mol. The number of nitrogens with one attached hydrogen (secondary N) is 1. The fourth-order valence-corrected chi connectivity index (χ4v) is 3.65. The maximum atomic E-state index is 4.60. The molecule has 1 saturated heterocycles. The summed E-state index contributed by atoms with van der Waals surface area (Å²) in [6, 6.07) is 2.84. The van der Waals surface area contributed by atoms with Crippen LogP contribution in [0.2, 0.25) is 0 Å². The molecule has 2 atom stereocenters. The van der Waals surface area contributed by atoms with Gasteiger partial charge in [-0.15, -0.1) is 0 Å². The first-order valence-electron chi connectivity index (χ1n) is 8.04. The van der Waals surface area contributed by atoms with Crippen LogP contribution in [0.3, 0.4) is 0 Å². The summed E-state index contributed by atoms with van der Waals surface area (Å²) in [5.74, 6) is 0.876. The molecule has 1 N–H and O–H groups in total. The molecule has 112 valence electrons. The number of hydrogen-bond donors (Lipinski definition) is 1. The Labute approximate surface area is 122 Å². The lowest BCUT2D eigenvalue weighted by molar-refractivity contribution is 0.0290. The van der Waals surface area contributed by atoms with Gasteiger partial charge in [-0.25, -0.2) is 0 Å². The predicted octanol–water partition coefficient (Wildman–Crippen LogP) is 2.17. The lowest BCUT2D eigenvalue weighted by Crippen LogP contribution is -2.63. The van der Waals surface area contributed by atoms with Gasteiger partial charge in [-0.05, 0) is 52.5 Å². The van der Waals surface area contributed by atoms with Crippen LogP contribution in [0.5, 0.6) is 0 Å². The van der Waals surface area contributed by atoms with E-state index >= 15 is 0 Å². The van der Waals surface area contributed by atoms with Gasteiger partial charge in [0.1, 0.15) is 0 Å². The van der Waals surface area contributed by atoms with Crippen LogP contribution in [0.15, 0.2) is 6.07 Å². The van der Waals surface area contributed by atoms with E-state index in [4.69, 9.17) is 0 Å². The lowest BCUT2D eigenvalue weighted by atomic mass is 9.89. The Morgan fingerprint density at radius 1 is 1.45 bits per heavy atom. The van der Waals surface area contributed by atoms with E-state index in [0.717, 1.165) is 37.8 Å². The van der Waals surface area contributed by atoms with Crippen molar-refractivity contribution in [3.8, 4) is 0 Å². The number of aryl methyl sites for hydroxylation is 2. The smallest absolute Gasteiger partial charge is 0.0597 e. The molecular formula is C16H28N4. The minimum Gasteiger partial charge on any atom is -0.311 e. The molecule has 0 spiro atoms. The second-order valence-electron chi connectivity index (χ2n) is 6.89. The molecular weight excluding hydrogens is 248 g/mol. The van der Waals surface area contributed by atoms with Gasteiger partial charge in [0.05, 0.1) is 11.4 Å². The molecule has 1 aliphatic carbocycles. The van der Waals surface area contributed by atoms with Crippen molar-refractivity contribution in [3.05, 3.63) is 17.5 Å². The zero-order chi connectivity index (χ0) is 14.3. The van der Waals surface area contributed by atoms with Gasteiger partial charge in [-0.3, -0.25) is 9.58 Å². The molecule has 0 bridgehead atoms.